The molecule has 0 radical (unpaired) electrons. The highest BCUT2D eigenvalue weighted by Crippen LogP contribution is 2.46. The van der Waals surface area contributed by atoms with Crippen molar-refractivity contribution in [2.45, 2.75) is 45.1 Å². The normalized spacial score (nSPS) is 21.2. The molecule has 0 amide bonds. The maximum atomic E-state index is 14.0. The molecule has 17 heavy (non-hydrogen) atoms. The van der Waals surface area contributed by atoms with Crippen LogP contribution in [0.5, 0.6) is 0 Å². The minimum atomic E-state index is -0.708. The average molecular weight is 301 g/mol. The third-order valence-electron chi connectivity index (χ3n) is 3.93. The fourth-order valence-electron chi connectivity index (χ4n) is 2.74. The Labute approximate surface area is 110 Å². The summed E-state index contributed by atoms with van der Waals surface area (Å²) in [6.07, 6.45) is 4.72. The topological polar surface area (TPSA) is 20.2 Å². The zero-order valence-electron chi connectivity index (χ0n) is 10.0. The fourth-order valence-corrected chi connectivity index (χ4v) is 3.12. The summed E-state index contributed by atoms with van der Waals surface area (Å²) in [7, 11) is 0. The zero-order valence-corrected chi connectivity index (χ0v) is 11.6. The number of aliphatic hydroxyl groups is 1. The van der Waals surface area contributed by atoms with Crippen LogP contribution < -0.4 is 0 Å². The van der Waals surface area contributed by atoms with Gasteiger partial charge < -0.3 is 5.11 Å². The Kier molecular flexibility index (Phi) is 3.88. The van der Waals surface area contributed by atoms with E-state index < -0.39 is 6.10 Å². The lowest BCUT2D eigenvalue weighted by molar-refractivity contribution is 0.00578. The number of rotatable bonds is 2. The highest BCUT2D eigenvalue weighted by Gasteiger charge is 2.36. The standard InChI is InChI=1S/C14H18BrFO/c1-14(8-3-2-4-9-14)13(17)10-6-5-7-11(15)12(10)16/h5-7,13,17H,2-4,8-9H2,1H3. The van der Waals surface area contributed by atoms with Gasteiger partial charge in [-0.15, -0.1) is 0 Å². The molecule has 0 aliphatic heterocycles. The number of benzene rings is 1. The fraction of sp³-hybridized carbons (Fsp3) is 0.571. The van der Waals surface area contributed by atoms with Crippen LogP contribution >= 0.6 is 15.9 Å². The third-order valence-corrected chi connectivity index (χ3v) is 4.54. The van der Waals surface area contributed by atoms with E-state index in [0.29, 0.717) is 10.0 Å². The van der Waals surface area contributed by atoms with Gasteiger partial charge in [-0.3, -0.25) is 0 Å². The summed E-state index contributed by atoms with van der Waals surface area (Å²) in [5, 5.41) is 10.4. The Balaban J connectivity index is 2.29. The summed E-state index contributed by atoms with van der Waals surface area (Å²) in [6, 6.07) is 5.12. The van der Waals surface area contributed by atoms with Crippen molar-refractivity contribution in [3.8, 4) is 0 Å². The van der Waals surface area contributed by atoms with Crippen LogP contribution in [-0.2, 0) is 0 Å². The summed E-state index contributed by atoms with van der Waals surface area (Å²) in [4.78, 5) is 0. The Morgan fingerprint density at radius 3 is 2.59 bits per heavy atom. The number of aliphatic hydroxyl groups excluding tert-OH is 1. The van der Waals surface area contributed by atoms with Gasteiger partial charge in [0.15, 0.2) is 0 Å². The summed E-state index contributed by atoms with van der Waals surface area (Å²) in [5.74, 6) is -0.327. The highest BCUT2D eigenvalue weighted by molar-refractivity contribution is 9.10. The molecule has 0 bridgehead atoms. The van der Waals surface area contributed by atoms with Crippen LogP contribution in [-0.4, -0.2) is 5.11 Å². The second kappa shape index (κ2) is 5.07. The van der Waals surface area contributed by atoms with Crippen LogP contribution in [0, 0.1) is 11.2 Å². The van der Waals surface area contributed by atoms with Crippen molar-refractivity contribution in [2.24, 2.45) is 5.41 Å². The van der Waals surface area contributed by atoms with Crippen molar-refractivity contribution in [3.05, 3.63) is 34.1 Å². The van der Waals surface area contributed by atoms with Gasteiger partial charge in [0, 0.05) is 5.56 Å². The van der Waals surface area contributed by atoms with Crippen molar-refractivity contribution in [3.63, 3.8) is 0 Å². The molecule has 1 saturated carbocycles. The molecule has 3 heteroatoms. The second-order valence-electron chi connectivity index (χ2n) is 5.26. The molecule has 1 nitrogen and oxygen atoms in total. The largest absolute Gasteiger partial charge is 0.388 e. The minimum Gasteiger partial charge on any atom is -0.388 e. The van der Waals surface area contributed by atoms with Crippen molar-refractivity contribution in [1.82, 2.24) is 0 Å². The van der Waals surface area contributed by atoms with Crippen LogP contribution in [0.1, 0.15) is 50.7 Å². The van der Waals surface area contributed by atoms with E-state index in [2.05, 4.69) is 22.9 Å². The van der Waals surface area contributed by atoms with E-state index in [4.69, 9.17) is 0 Å². The first-order valence-corrected chi connectivity index (χ1v) is 6.96. The predicted octanol–water partition coefficient (Wildman–Crippen LogP) is 4.59. The Bertz CT molecular complexity index is 399. The quantitative estimate of drug-likeness (QED) is 0.847. The molecule has 1 aliphatic rings. The van der Waals surface area contributed by atoms with E-state index in [9.17, 15) is 9.50 Å². The number of hydrogen-bond donors (Lipinski definition) is 1. The van der Waals surface area contributed by atoms with Crippen LogP contribution in [0.3, 0.4) is 0 Å². The first kappa shape index (κ1) is 13.0. The van der Waals surface area contributed by atoms with Crippen molar-refractivity contribution in [1.29, 1.82) is 0 Å². The van der Waals surface area contributed by atoms with Gasteiger partial charge in [0.25, 0.3) is 0 Å². The molecule has 94 valence electrons. The molecular weight excluding hydrogens is 283 g/mol. The van der Waals surface area contributed by atoms with Gasteiger partial charge in [-0.1, -0.05) is 38.3 Å². The molecule has 0 spiro atoms. The Morgan fingerprint density at radius 1 is 1.29 bits per heavy atom. The molecule has 0 heterocycles. The first-order valence-electron chi connectivity index (χ1n) is 6.16. The van der Waals surface area contributed by atoms with Gasteiger partial charge in [-0.05, 0) is 40.3 Å². The Hall–Kier alpha value is -0.410. The SMILES string of the molecule is CC1(C(O)c2cccc(Br)c2F)CCCCC1. The zero-order chi connectivity index (χ0) is 12.5. The van der Waals surface area contributed by atoms with Crippen LogP contribution in [0.15, 0.2) is 22.7 Å². The molecule has 1 aromatic rings. The monoisotopic (exact) mass is 300 g/mol. The lowest BCUT2D eigenvalue weighted by atomic mass is 9.70. The summed E-state index contributed by atoms with van der Waals surface area (Å²) in [5.41, 5.74) is 0.239. The molecule has 2 rings (SSSR count). The number of hydrogen-bond acceptors (Lipinski definition) is 1. The van der Waals surface area contributed by atoms with Gasteiger partial charge in [-0.2, -0.15) is 0 Å². The van der Waals surface area contributed by atoms with Crippen LogP contribution in [0.25, 0.3) is 0 Å². The molecule has 0 saturated heterocycles. The minimum absolute atomic E-state index is 0.181. The van der Waals surface area contributed by atoms with Crippen LogP contribution in [0.2, 0.25) is 0 Å². The molecule has 1 aliphatic carbocycles. The second-order valence-corrected chi connectivity index (χ2v) is 6.11. The molecule has 1 atom stereocenters. The highest BCUT2D eigenvalue weighted by atomic mass is 79.9. The summed E-state index contributed by atoms with van der Waals surface area (Å²) >= 11 is 3.17. The van der Waals surface area contributed by atoms with Crippen molar-refractivity contribution >= 4 is 15.9 Å². The van der Waals surface area contributed by atoms with E-state index in [-0.39, 0.29) is 11.2 Å². The lowest BCUT2D eigenvalue weighted by Crippen LogP contribution is -2.28. The summed E-state index contributed by atoms with van der Waals surface area (Å²) in [6.45, 7) is 2.07. The van der Waals surface area contributed by atoms with Gasteiger partial charge in [0.1, 0.15) is 5.82 Å². The van der Waals surface area contributed by atoms with Gasteiger partial charge in [0.2, 0.25) is 0 Å². The molecule has 1 N–H and O–H groups in total. The maximum Gasteiger partial charge on any atom is 0.143 e. The van der Waals surface area contributed by atoms with E-state index in [1.165, 1.54) is 6.42 Å². The Morgan fingerprint density at radius 2 is 1.94 bits per heavy atom. The molecular formula is C14H18BrFO. The van der Waals surface area contributed by atoms with Crippen molar-refractivity contribution in [2.75, 3.05) is 0 Å². The average Bonchev–Trinajstić information content (AvgIpc) is 2.33. The maximum absolute atomic E-state index is 14.0. The third kappa shape index (κ3) is 2.55. The molecule has 1 unspecified atom stereocenters. The van der Waals surface area contributed by atoms with Gasteiger partial charge in [-0.25, -0.2) is 4.39 Å². The molecule has 0 aromatic heterocycles. The van der Waals surface area contributed by atoms with E-state index in [1.807, 2.05) is 0 Å². The van der Waals surface area contributed by atoms with E-state index >= 15 is 0 Å². The van der Waals surface area contributed by atoms with Gasteiger partial charge in [0.05, 0.1) is 10.6 Å². The van der Waals surface area contributed by atoms with Crippen molar-refractivity contribution < 1.29 is 9.50 Å². The van der Waals surface area contributed by atoms with Crippen LogP contribution in [0.4, 0.5) is 4.39 Å². The molecule has 1 fully saturated rings. The van der Waals surface area contributed by atoms with Gasteiger partial charge >= 0.3 is 0 Å². The summed E-state index contributed by atoms with van der Waals surface area (Å²) < 4.78 is 14.4. The number of halogens is 2. The smallest absolute Gasteiger partial charge is 0.143 e. The predicted molar refractivity (Wildman–Crippen MR) is 70.3 cm³/mol. The first-order chi connectivity index (χ1) is 8.04. The molecule has 1 aromatic carbocycles. The van der Waals surface area contributed by atoms with E-state index in [0.717, 1.165) is 25.7 Å². The lowest BCUT2D eigenvalue weighted by Gasteiger charge is -2.38. The van der Waals surface area contributed by atoms with E-state index in [1.54, 1.807) is 18.2 Å².